The van der Waals surface area contributed by atoms with Gasteiger partial charge in [0.2, 0.25) is 10.0 Å². The minimum atomic E-state index is -3.34. The smallest absolute Gasteiger partial charge is 0.251 e. The molecule has 1 heterocycles. The van der Waals surface area contributed by atoms with Crippen molar-refractivity contribution in [1.29, 1.82) is 0 Å². The molecule has 1 N–H and O–H groups in total. The van der Waals surface area contributed by atoms with Crippen molar-refractivity contribution in [3.8, 4) is 5.75 Å². The Kier molecular flexibility index (Phi) is 5.63. The number of nitrogens with zero attached hydrogens (tertiary/aromatic N) is 1. The molecule has 0 radical (unpaired) electrons. The van der Waals surface area contributed by atoms with E-state index < -0.39 is 10.0 Å². The summed E-state index contributed by atoms with van der Waals surface area (Å²) in [6.45, 7) is 7.63. The van der Waals surface area contributed by atoms with Crippen LogP contribution in [0.5, 0.6) is 5.75 Å². The molecule has 0 saturated heterocycles. The third-order valence-corrected chi connectivity index (χ3v) is 6.98. The lowest BCUT2D eigenvalue weighted by Gasteiger charge is -2.38. The summed E-state index contributed by atoms with van der Waals surface area (Å²) in [4.78, 5) is 12.9. The molecule has 0 aromatic heterocycles. The van der Waals surface area contributed by atoms with E-state index in [2.05, 4.69) is 5.32 Å². The van der Waals surface area contributed by atoms with Gasteiger partial charge < -0.3 is 10.1 Å². The Hall–Kier alpha value is -2.54. The van der Waals surface area contributed by atoms with E-state index >= 15 is 0 Å². The van der Waals surface area contributed by atoms with E-state index in [1.54, 1.807) is 31.2 Å². The Morgan fingerprint density at radius 3 is 2.48 bits per heavy atom. The van der Waals surface area contributed by atoms with E-state index in [1.165, 1.54) is 11.4 Å². The van der Waals surface area contributed by atoms with Gasteiger partial charge in [0.05, 0.1) is 17.5 Å². The third-order valence-electron chi connectivity index (χ3n) is 5.20. The molecular weight excluding hydrogens is 388 g/mol. The predicted octanol–water partition coefficient (Wildman–Crippen LogP) is 3.81. The van der Waals surface area contributed by atoms with E-state index in [0.717, 1.165) is 16.9 Å². The Bertz CT molecular complexity index is 1010. The standard InChI is InChI=1S/C22H28N2O4S/c1-6-29(26,27)24(5)17-10-8-16(9-11-17)21(25)23-19-14-22(3,4)28-20-12-7-15(2)13-18(19)20/h7-13,19H,6,14H2,1-5H3,(H,23,25)/t19-/m1/s1. The van der Waals surface area contributed by atoms with Crippen molar-refractivity contribution in [2.75, 3.05) is 17.1 Å². The van der Waals surface area contributed by atoms with Crippen LogP contribution in [-0.2, 0) is 10.0 Å². The molecule has 0 unspecified atom stereocenters. The van der Waals surface area contributed by atoms with E-state index in [1.807, 2.05) is 39.0 Å². The maximum atomic E-state index is 12.9. The number of aryl methyl sites for hydroxylation is 1. The maximum absolute atomic E-state index is 12.9. The summed E-state index contributed by atoms with van der Waals surface area (Å²) in [7, 11) is -1.83. The molecule has 0 saturated carbocycles. The number of ether oxygens (including phenoxy) is 1. The van der Waals surface area contributed by atoms with Crippen LogP contribution in [-0.4, -0.2) is 32.7 Å². The van der Waals surface area contributed by atoms with Crippen molar-refractivity contribution in [2.24, 2.45) is 0 Å². The number of benzene rings is 2. The number of amides is 1. The van der Waals surface area contributed by atoms with Crippen LogP contribution in [0.2, 0.25) is 0 Å². The van der Waals surface area contributed by atoms with Crippen LogP contribution in [0.1, 0.15) is 54.7 Å². The number of rotatable bonds is 5. The average molecular weight is 417 g/mol. The summed E-state index contributed by atoms with van der Waals surface area (Å²) in [6, 6.07) is 12.4. The summed E-state index contributed by atoms with van der Waals surface area (Å²) in [5.41, 5.74) is 2.70. The number of hydrogen-bond donors (Lipinski definition) is 1. The zero-order valence-electron chi connectivity index (χ0n) is 17.5. The van der Waals surface area contributed by atoms with Gasteiger partial charge in [-0.25, -0.2) is 8.42 Å². The first-order valence-corrected chi connectivity index (χ1v) is 11.3. The first-order valence-electron chi connectivity index (χ1n) is 9.69. The molecule has 1 aliphatic rings. The monoisotopic (exact) mass is 416 g/mol. The summed E-state index contributed by atoms with van der Waals surface area (Å²) in [6.07, 6.45) is 0.657. The first-order chi connectivity index (χ1) is 13.5. The molecule has 0 aliphatic carbocycles. The molecule has 7 heteroatoms. The second-order valence-electron chi connectivity index (χ2n) is 8.05. The van der Waals surface area contributed by atoms with Crippen molar-refractivity contribution in [3.05, 3.63) is 59.2 Å². The molecule has 1 atom stereocenters. The average Bonchev–Trinajstić information content (AvgIpc) is 2.67. The van der Waals surface area contributed by atoms with Gasteiger partial charge in [0.15, 0.2) is 0 Å². The van der Waals surface area contributed by atoms with Crippen molar-refractivity contribution >= 4 is 21.6 Å². The molecule has 1 amide bonds. The zero-order chi connectivity index (χ0) is 21.4. The van der Waals surface area contributed by atoms with Gasteiger partial charge in [-0.05, 0) is 58.0 Å². The van der Waals surface area contributed by atoms with Crippen LogP contribution in [0, 0.1) is 6.92 Å². The molecule has 0 fully saturated rings. The Labute approximate surface area is 172 Å². The molecule has 2 aromatic rings. The second-order valence-corrected chi connectivity index (χ2v) is 10.3. The highest BCUT2D eigenvalue weighted by Crippen LogP contribution is 2.40. The van der Waals surface area contributed by atoms with Gasteiger partial charge in [-0.1, -0.05) is 17.7 Å². The topological polar surface area (TPSA) is 75.7 Å². The zero-order valence-corrected chi connectivity index (χ0v) is 18.3. The third kappa shape index (κ3) is 4.56. The first kappa shape index (κ1) is 21.2. The van der Waals surface area contributed by atoms with Crippen LogP contribution >= 0.6 is 0 Å². The number of anilines is 1. The fourth-order valence-electron chi connectivity index (χ4n) is 3.52. The summed E-state index contributed by atoms with van der Waals surface area (Å²) < 4.78 is 31.3. The summed E-state index contributed by atoms with van der Waals surface area (Å²) in [5.74, 6) is 0.607. The van der Waals surface area contributed by atoms with Gasteiger partial charge in [0.25, 0.3) is 5.91 Å². The van der Waals surface area contributed by atoms with Gasteiger partial charge in [-0.2, -0.15) is 0 Å². The van der Waals surface area contributed by atoms with Crippen LogP contribution < -0.4 is 14.4 Å². The van der Waals surface area contributed by atoms with Crippen molar-refractivity contribution in [3.63, 3.8) is 0 Å². The van der Waals surface area contributed by atoms with E-state index in [0.29, 0.717) is 17.7 Å². The molecule has 156 valence electrons. The van der Waals surface area contributed by atoms with E-state index in [9.17, 15) is 13.2 Å². The number of fused-ring (bicyclic) bond motifs is 1. The Balaban J connectivity index is 1.81. The number of carbonyl (C=O) groups excluding carboxylic acids is 1. The van der Waals surface area contributed by atoms with Crippen molar-refractivity contribution in [1.82, 2.24) is 5.32 Å². The molecule has 29 heavy (non-hydrogen) atoms. The molecule has 6 nitrogen and oxygen atoms in total. The highest BCUT2D eigenvalue weighted by Gasteiger charge is 2.34. The van der Waals surface area contributed by atoms with Crippen LogP contribution in [0.3, 0.4) is 0 Å². The number of sulfonamides is 1. The van der Waals surface area contributed by atoms with E-state index in [-0.39, 0.29) is 23.3 Å². The molecular formula is C22H28N2O4S. The molecule has 0 spiro atoms. The van der Waals surface area contributed by atoms with Crippen LogP contribution in [0.4, 0.5) is 5.69 Å². The molecule has 2 aromatic carbocycles. The van der Waals surface area contributed by atoms with E-state index in [4.69, 9.17) is 4.74 Å². The van der Waals surface area contributed by atoms with Gasteiger partial charge >= 0.3 is 0 Å². The fourth-order valence-corrected chi connectivity index (χ4v) is 4.35. The Morgan fingerprint density at radius 2 is 1.86 bits per heavy atom. The van der Waals surface area contributed by atoms with Gasteiger partial charge in [0, 0.05) is 24.6 Å². The highest BCUT2D eigenvalue weighted by atomic mass is 32.2. The SMILES string of the molecule is CCS(=O)(=O)N(C)c1ccc(C(=O)N[C@@H]2CC(C)(C)Oc3ccc(C)cc32)cc1. The lowest BCUT2D eigenvalue weighted by Crippen LogP contribution is -2.41. The van der Waals surface area contributed by atoms with Crippen molar-refractivity contribution < 1.29 is 17.9 Å². The largest absolute Gasteiger partial charge is 0.487 e. The van der Waals surface area contributed by atoms with Crippen LogP contribution in [0.15, 0.2) is 42.5 Å². The Morgan fingerprint density at radius 1 is 1.21 bits per heavy atom. The molecule has 3 rings (SSSR count). The maximum Gasteiger partial charge on any atom is 0.251 e. The summed E-state index contributed by atoms with van der Waals surface area (Å²) in [5, 5.41) is 3.11. The molecule has 0 bridgehead atoms. The quantitative estimate of drug-likeness (QED) is 0.804. The predicted molar refractivity (Wildman–Crippen MR) is 115 cm³/mol. The molecule has 1 aliphatic heterocycles. The van der Waals surface area contributed by atoms with Crippen molar-refractivity contribution in [2.45, 2.75) is 45.8 Å². The van der Waals surface area contributed by atoms with Gasteiger partial charge in [0.1, 0.15) is 11.4 Å². The minimum Gasteiger partial charge on any atom is -0.487 e. The lowest BCUT2D eigenvalue weighted by molar-refractivity contribution is 0.0619. The second kappa shape index (κ2) is 7.71. The summed E-state index contributed by atoms with van der Waals surface area (Å²) >= 11 is 0. The van der Waals surface area contributed by atoms with Crippen LogP contribution in [0.25, 0.3) is 0 Å². The fraction of sp³-hybridized carbons (Fsp3) is 0.409. The number of nitrogens with one attached hydrogen (secondary N) is 1. The minimum absolute atomic E-state index is 0.0180. The number of carbonyl (C=O) groups is 1. The van der Waals surface area contributed by atoms with Gasteiger partial charge in [-0.3, -0.25) is 9.10 Å². The highest BCUT2D eigenvalue weighted by molar-refractivity contribution is 7.92. The lowest BCUT2D eigenvalue weighted by atomic mass is 9.88. The van der Waals surface area contributed by atoms with Gasteiger partial charge in [-0.15, -0.1) is 0 Å². The number of hydrogen-bond acceptors (Lipinski definition) is 4. The normalized spacial score (nSPS) is 17.8.